The third kappa shape index (κ3) is 4.03. The van der Waals surface area contributed by atoms with Crippen molar-refractivity contribution in [3.05, 3.63) is 41.1 Å². The molecule has 0 radical (unpaired) electrons. The Morgan fingerprint density at radius 1 is 1.14 bits per heavy atom. The normalized spacial score (nSPS) is 19.9. The number of benzene rings is 1. The first-order valence-corrected chi connectivity index (χ1v) is 12.5. The number of likely N-dealkylation sites (tertiary alicyclic amines) is 1. The SMILES string of the molecule is N#Cc1c(C#Cc2cc3ncn(C4CC4)c3cc2F)nn([C@H]2CCN(C(=O)O)C2)c1NC1CCCC1. The highest BCUT2D eigenvalue weighted by atomic mass is 19.1. The van der Waals surface area contributed by atoms with Crippen LogP contribution in [0.4, 0.5) is 15.0 Å². The minimum absolute atomic E-state index is 0.199. The fraction of sp³-hybridized carbons (Fsp3) is 0.462. The molecular weight excluding hydrogens is 461 g/mol. The number of aromatic nitrogens is 4. The van der Waals surface area contributed by atoms with Crippen molar-refractivity contribution in [3.8, 4) is 17.9 Å². The average Bonchev–Trinajstić information content (AvgIpc) is 3.27. The molecule has 0 bridgehead atoms. The van der Waals surface area contributed by atoms with E-state index in [2.05, 4.69) is 33.3 Å². The highest BCUT2D eigenvalue weighted by Crippen LogP contribution is 2.37. The molecule has 3 heterocycles. The van der Waals surface area contributed by atoms with Crippen LogP contribution < -0.4 is 5.32 Å². The molecule has 184 valence electrons. The molecule has 3 aromatic rings. The molecule has 1 amide bonds. The molecule has 0 unspecified atom stereocenters. The van der Waals surface area contributed by atoms with Crippen LogP contribution in [-0.4, -0.2) is 54.6 Å². The van der Waals surface area contributed by atoms with Gasteiger partial charge in [-0.1, -0.05) is 18.8 Å². The molecule has 2 aromatic heterocycles. The standard InChI is InChI=1S/C26H26FN7O2/c27-21-12-24-23(29-15-33(24)18-6-7-18)11-16(21)5-8-22-20(13-28)25(30-17-3-1-2-4-17)34(31-22)19-9-10-32(14-19)26(35)36/h11-12,15,17-19,30H,1-4,6-7,9-10,14H2,(H,35,36)/t19-/m0/s1. The van der Waals surface area contributed by atoms with Crippen molar-refractivity contribution >= 4 is 22.9 Å². The number of carbonyl (C=O) groups is 1. The summed E-state index contributed by atoms with van der Waals surface area (Å²) in [5.41, 5.74) is 2.21. The molecule has 0 spiro atoms. The molecule has 6 rings (SSSR count). The molecule has 1 aromatic carbocycles. The van der Waals surface area contributed by atoms with Gasteiger partial charge in [-0.15, -0.1) is 0 Å². The van der Waals surface area contributed by atoms with Crippen LogP contribution in [0.25, 0.3) is 11.0 Å². The van der Waals surface area contributed by atoms with E-state index in [1.54, 1.807) is 17.1 Å². The highest BCUT2D eigenvalue weighted by Gasteiger charge is 2.32. The van der Waals surface area contributed by atoms with Crippen LogP contribution in [0.2, 0.25) is 0 Å². The lowest BCUT2D eigenvalue weighted by Gasteiger charge is -2.19. The summed E-state index contributed by atoms with van der Waals surface area (Å²) in [4.78, 5) is 17.2. The van der Waals surface area contributed by atoms with E-state index in [1.165, 1.54) is 11.0 Å². The second kappa shape index (κ2) is 8.87. The maximum Gasteiger partial charge on any atom is 0.407 e. The second-order valence-electron chi connectivity index (χ2n) is 9.88. The van der Waals surface area contributed by atoms with E-state index >= 15 is 0 Å². The quantitative estimate of drug-likeness (QED) is 0.532. The Bertz CT molecular complexity index is 1450. The van der Waals surface area contributed by atoms with Crippen molar-refractivity contribution in [2.24, 2.45) is 0 Å². The highest BCUT2D eigenvalue weighted by molar-refractivity contribution is 5.78. The van der Waals surface area contributed by atoms with Gasteiger partial charge >= 0.3 is 6.09 Å². The fourth-order valence-corrected chi connectivity index (χ4v) is 5.32. The molecule has 2 aliphatic carbocycles. The van der Waals surface area contributed by atoms with Gasteiger partial charge in [-0.2, -0.15) is 10.4 Å². The molecule has 1 saturated heterocycles. The topological polar surface area (TPSA) is 112 Å². The number of fused-ring (bicyclic) bond motifs is 1. The lowest BCUT2D eigenvalue weighted by Crippen LogP contribution is -2.28. The molecule has 9 nitrogen and oxygen atoms in total. The summed E-state index contributed by atoms with van der Waals surface area (Å²) in [5, 5.41) is 27.5. The van der Waals surface area contributed by atoms with Gasteiger partial charge in [0.05, 0.1) is 29.0 Å². The molecule has 3 fully saturated rings. The second-order valence-corrected chi connectivity index (χ2v) is 9.88. The molecule has 1 atom stereocenters. The van der Waals surface area contributed by atoms with Crippen molar-refractivity contribution in [2.45, 2.75) is 63.1 Å². The minimum atomic E-state index is -0.967. The van der Waals surface area contributed by atoms with E-state index < -0.39 is 11.9 Å². The number of nitrogens with one attached hydrogen (secondary N) is 1. The summed E-state index contributed by atoms with van der Waals surface area (Å²) >= 11 is 0. The minimum Gasteiger partial charge on any atom is -0.465 e. The third-order valence-electron chi connectivity index (χ3n) is 7.42. The molecule has 10 heteroatoms. The zero-order valence-corrected chi connectivity index (χ0v) is 19.7. The first-order chi connectivity index (χ1) is 17.5. The van der Waals surface area contributed by atoms with Gasteiger partial charge in [0, 0.05) is 31.2 Å². The van der Waals surface area contributed by atoms with Gasteiger partial charge in [-0.3, -0.25) is 0 Å². The van der Waals surface area contributed by atoms with E-state index in [0.717, 1.165) is 44.0 Å². The van der Waals surface area contributed by atoms with Crippen LogP contribution in [0, 0.1) is 29.0 Å². The molecule has 2 N–H and O–H groups in total. The maximum absolute atomic E-state index is 15.0. The number of nitriles is 1. The number of carboxylic acid groups (broad SMARTS) is 1. The van der Waals surface area contributed by atoms with Crippen molar-refractivity contribution < 1.29 is 14.3 Å². The lowest BCUT2D eigenvalue weighted by atomic mass is 10.1. The Kier molecular flexibility index (Phi) is 5.52. The predicted molar refractivity (Wildman–Crippen MR) is 130 cm³/mol. The van der Waals surface area contributed by atoms with Crippen molar-refractivity contribution in [2.75, 3.05) is 18.4 Å². The Balaban J connectivity index is 1.37. The van der Waals surface area contributed by atoms with E-state index in [0.29, 0.717) is 42.5 Å². The third-order valence-corrected chi connectivity index (χ3v) is 7.42. The molecule has 1 aliphatic heterocycles. The Morgan fingerprint density at radius 2 is 1.94 bits per heavy atom. The van der Waals surface area contributed by atoms with Crippen LogP contribution in [-0.2, 0) is 0 Å². The van der Waals surface area contributed by atoms with Crippen molar-refractivity contribution in [1.82, 2.24) is 24.2 Å². The van der Waals surface area contributed by atoms with Gasteiger partial charge < -0.3 is 19.9 Å². The van der Waals surface area contributed by atoms with Gasteiger partial charge in [0.15, 0.2) is 5.69 Å². The predicted octanol–water partition coefficient (Wildman–Crippen LogP) is 4.26. The van der Waals surface area contributed by atoms with Gasteiger partial charge in [-0.25, -0.2) is 18.9 Å². The van der Waals surface area contributed by atoms with Gasteiger partial charge in [0.1, 0.15) is 23.3 Å². The summed E-state index contributed by atoms with van der Waals surface area (Å²) in [5.74, 6) is 5.93. The van der Waals surface area contributed by atoms with Crippen molar-refractivity contribution in [3.63, 3.8) is 0 Å². The smallest absolute Gasteiger partial charge is 0.407 e. The summed E-state index contributed by atoms with van der Waals surface area (Å²) in [6, 6.07) is 5.76. The largest absolute Gasteiger partial charge is 0.465 e. The van der Waals surface area contributed by atoms with E-state index in [4.69, 9.17) is 0 Å². The number of imidazole rings is 1. The Labute approximate surface area is 207 Å². The van der Waals surface area contributed by atoms with Gasteiger partial charge in [0.25, 0.3) is 0 Å². The summed E-state index contributed by atoms with van der Waals surface area (Å²) in [7, 11) is 0. The van der Waals surface area contributed by atoms with Gasteiger partial charge in [-0.05, 0) is 44.1 Å². The molecular formula is C26H26FN7O2. The summed E-state index contributed by atoms with van der Waals surface area (Å²) in [6.45, 7) is 0.702. The summed E-state index contributed by atoms with van der Waals surface area (Å²) in [6.07, 6.45) is 7.78. The van der Waals surface area contributed by atoms with Crippen molar-refractivity contribution in [1.29, 1.82) is 5.26 Å². The number of rotatable bonds is 4. The number of hydrogen-bond donors (Lipinski definition) is 2. The molecule has 3 aliphatic rings. The van der Waals surface area contributed by atoms with Gasteiger partial charge in [0.2, 0.25) is 0 Å². The number of amides is 1. The monoisotopic (exact) mass is 487 g/mol. The zero-order chi connectivity index (χ0) is 24.8. The zero-order valence-electron chi connectivity index (χ0n) is 19.7. The first kappa shape index (κ1) is 22.4. The lowest BCUT2D eigenvalue weighted by molar-refractivity contribution is 0.154. The van der Waals surface area contributed by atoms with E-state index in [-0.39, 0.29) is 23.3 Å². The van der Waals surface area contributed by atoms with E-state index in [1.807, 2.05) is 4.57 Å². The van der Waals surface area contributed by atoms with Crippen LogP contribution in [0.5, 0.6) is 0 Å². The fourth-order valence-electron chi connectivity index (χ4n) is 5.32. The number of anilines is 1. The molecule has 36 heavy (non-hydrogen) atoms. The first-order valence-electron chi connectivity index (χ1n) is 12.5. The number of nitrogens with zero attached hydrogens (tertiary/aromatic N) is 6. The van der Waals surface area contributed by atoms with Crippen LogP contribution in [0.1, 0.15) is 73.9 Å². The number of hydrogen-bond acceptors (Lipinski definition) is 5. The maximum atomic E-state index is 15.0. The van der Waals surface area contributed by atoms with Crippen LogP contribution >= 0.6 is 0 Å². The van der Waals surface area contributed by atoms with Crippen LogP contribution in [0.15, 0.2) is 18.5 Å². The average molecular weight is 488 g/mol. The van der Waals surface area contributed by atoms with Crippen LogP contribution in [0.3, 0.4) is 0 Å². The Morgan fingerprint density at radius 3 is 2.64 bits per heavy atom. The molecule has 2 saturated carbocycles. The Hall–Kier alpha value is -4.05. The number of halogens is 1. The van der Waals surface area contributed by atoms with E-state index in [9.17, 15) is 19.6 Å². The summed E-state index contributed by atoms with van der Waals surface area (Å²) < 4.78 is 18.7.